The molecule has 31 heavy (non-hydrogen) atoms. The minimum absolute atomic E-state index is 0.121. The maximum absolute atomic E-state index is 12.8. The van der Waals surface area contributed by atoms with Gasteiger partial charge in [-0.2, -0.15) is 4.98 Å². The Labute approximate surface area is 179 Å². The van der Waals surface area contributed by atoms with E-state index in [4.69, 9.17) is 15.6 Å². The van der Waals surface area contributed by atoms with Crippen molar-refractivity contribution in [3.8, 4) is 5.88 Å². The monoisotopic (exact) mass is 424 g/mol. The van der Waals surface area contributed by atoms with Crippen molar-refractivity contribution >= 4 is 23.2 Å². The molecule has 0 aliphatic rings. The molecule has 0 fully saturated rings. The third-order valence-electron chi connectivity index (χ3n) is 5.05. The largest absolute Gasteiger partial charge is 0.479 e. The van der Waals surface area contributed by atoms with Crippen LogP contribution in [0.4, 0.5) is 0 Å². The molecule has 0 saturated carbocycles. The summed E-state index contributed by atoms with van der Waals surface area (Å²) < 4.78 is 7.29. The molecule has 162 valence electrons. The maximum Gasteiger partial charge on any atom is 0.392 e. The van der Waals surface area contributed by atoms with Crippen LogP contribution in [-0.2, 0) is 28.9 Å². The zero-order valence-electron chi connectivity index (χ0n) is 17.6. The summed E-state index contributed by atoms with van der Waals surface area (Å²) in [5.41, 5.74) is 9.34. The number of carboxylic acid groups (broad SMARTS) is 1. The Morgan fingerprint density at radius 1 is 1.13 bits per heavy atom. The molecule has 2 heterocycles. The summed E-state index contributed by atoms with van der Waals surface area (Å²) >= 11 is 0. The first kappa shape index (κ1) is 22.0. The number of nitrogens with zero attached hydrogens (tertiary/aromatic N) is 1. The Bertz CT molecular complexity index is 1140. The van der Waals surface area contributed by atoms with Gasteiger partial charge in [0.1, 0.15) is 0 Å². The third kappa shape index (κ3) is 4.74. The molecule has 2 aromatic heterocycles. The van der Waals surface area contributed by atoms with E-state index in [0.717, 1.165) is 29.7 Å². The SMILES string of the molecule is CCCc1c(C(=O)C(N)=O)c2c(OCC(=O)O)[nH+]c(C)cn2c1CCc1ccccc1. The molecule has 3 rings (SSSR count). The van der Waals surface area contributed by atoms with E-state index in [1.165, 1.54) is 0 Å². The van der Waals surface area contributed by atoms with Crippen LogP contribution in [0.5, 0.6) is 5.88 Å². The first-order chi connectivity index (χ1) is 14.8. The highest BCUT2D eigenvalue weighted by Crippen LogP contribution is 2.31. The summed E-state index contributed by atoms with van der Waals surface area (Å²) in [5.74, 6) is -2.91. The zero-order chi connectivity index (χ0) is 22.5. The van der Waals surface area contributed by atoms with E-state index < -0.39 is 24.3 Å². The molecular weight excluding hydrogens is 398 g/mol. The number of aromatic nitrogens is 2. The number of rotatable bonds is 10. The molecule has 0 aliphatic heterocycles. The van der Waals surface area contributed by atoms with Crippen LogP contribution in [0.15, 0.2) is 36.5 Å². The van der Waals surface area contributed by atoms with Crippen LogP contribution in [0.25, 0.3) is 5.52 Å². The number of carboxylic acids is 1. The second-order valence-corrected chi connectivity index (χ2v) is 7.40. The number of ether oxygens (including phenoxy) is 1. The number of H-pyrrole nitrogens is 1. The number of hydrogen-bond donors (Lipinski definition) is 2. The fourth-order valence-corrected chi connectivity index (χ4v) is 3.82. The molecule has 1 amide bonds. The second kappa shape index (κ2) is 9.42. The average Bonchev–Trinajstić information content (AvgIpc) is 3.03. The molecule has 0 atom stereocenters. The Kier molecular flexibility index (Phi) is 6.69. The maximum atomic E-state index is 12.8. The second-order valence-electron chi connectivity index (χ2n) is 7.40. The number of aromatic amines is 1. The summed E-state index contributed by atoms with van der Waals surface area (Å²) in [6.45, 7) is 3.21. The van der Waals surface area contributed by atoms with E-state index in [0.29, 0.717) is 24.1 Å². The van der Waals surface area contributed by atoms with Gasteiger partial charge in [0.05, 0.1) is 11.8 Å². The first-order valence-corrected chi connectivity index (χ1v) is 10.1. The van der Waals surface area contributed by atoms with E-state index in [1.807, 2.05) is 54.8 Å². The standard InChI is InChI=1S/C23H25N3O5/c1-3-7-16-17(11-10-15-8-5-4-6-9-15)26-12-14(2)25-23(31-13-18(27)28)20(26)19(16)21(29)22(24)30/h4-6,8-9,12H,3,7,10-11,13H2,1-2H3,(H2,24,30)(H,27,28)/p+1. The van der Waals surface area contributed by atoms with Crippen LogP contribution in [-0.4, -0.2) is 33.8 Å². The Morgan fingerprint density at radius 3 is 2.45 bits per heavy atom. The van der Waals surface area contributed by atoms with Gasteiger partial charge in [-0.25, -0.2) is 4.79 Å². The predicted molar refractivity (Wildman–Crippen MR) is 113 cm³/mol. The summed E-state index contributed by atoms with van der Waals surface area (Å²) in [6, 6.07) is 9.96. The van der Waals surface area contributed by atoms with Crippen molar-refractivity contribution < 1.29 is 29.2 Å². The van der Waals surface area contributed by atoms with Crippen LogP contribution in [0.2, 0.25) is 0 Å². The number of nitrogens with two attached hydrogens (primary N) is 1. The number of fused-ring (bicyclic) bond motifs is 1. The molecule has 0 spiro atoms. The third-order valence-corrected chi connectivity index (χ3v) is 5.05. The number of hydrogen-bond acceptors (Lipinski definition) is 4. The smallest absolute Gasteiger partial charge is 0.392 e. The van der Waals surface area contributed by atoms with Crippen molar-refractivity contribution in [3.05, 3.63) is 64.6 Å². The Hall–Kier alpha value is -3.68. The topological polar surface area (TPSA) is 125 Å². The number of aliphatic carboxylic acids is 1. The molecule has 0 radical (unpaired) electrons. The molecule has 0 saturated heterocycles. The van der Waals surface area contributed by atoms with Gasteiger partial charge in [0, 0.05) is 12.6 Å². The molecule has 3 aromatic rings. The number of aryl methyl sites for hydroxylation is 3. The minimum Gasteiger partial charge on any atom is -0.479 e. The van der Waals surface area contributed by atoms with Crippen molar-refractivity contribution in [2.24, 2.45) is 5.73 Å². The zero-order valence-corrected chi connectivity index (χ0v) is 17.6. The fourth-order valence-electron chi connectivity index (χ4n) is 3.82. The van der Waals surface area contributed by atoms with Gasteiger partial charge in [0.25, 0.3) is 11.7 Å². The van der Waals surface area contributed by atoms with Crippen molar-refractivity contribution in [2.45, 2.75) is 39.5 Å². The highest BCUT2D eigenvalue weighted by Gasteiger charge is 2.31. The van der Waals surface area contributed by atoms with E-state index >= 15 is 0 Å². The molecule has 8 nitrogen and oxygen atoms in total. The van der Waals surface area contributed by atoms with E-state index in [1.54, 1.807) is 0 Å². The number of primary amides is 1. The highest BCUT2D eigenvalue weighted by atomic mass is 16.5. The van der Waals surface area contributed by atoms with Gasteiger partial charge < -0.3 is 20.0 Å². The lowest BCUT2D eigenvalue weighted by Gasteiger charge is -2.07. The van der Waals surface area contributed by atoms with Gasteiger partial charge in [0.2, 0.25) is 0 Å². The first-order valence-electron chi connectivity index (χ1n) is 10.1. The normalized spacial score (nSPS) is 10.9. The van der Waals surface area contributed by atoms with E-state index in [9.17, 15) is 14.4 Å². The minimum atomic E-state index is -1.15. The number of ketones is 1. The molecule has 0 aliphatic carbocycles. The van der Waals surface area contributed by atoms with Crippen molar-refractivity contribution in [1.29, 1.82) is 0 Å². The number of carbonyl (C=O) groups is 3. The lowest BCUT2D eigenvalue weighted by Crippen LogP contribution is -2.25. The molecule has 8 heteroatoms. The molecule has 4 N–H and O–H groups in total. The lowest BCUT2D eigenvalue weighted by atomic mass is 9.98. The Morgan fingerprint density at radius 2 is 1.84 bits per heavy atom. The fraction of sp³-hybridized carbons (Fsp3) is 0.304. The lowest BCUT2D eigenvalue weighted by molar-refractivity contribution is -0.402. The number of carbonyl (C=O) groups excluding carboxylic acids is 2. The molecule has 0 bridgehead atoms. The molecule has 0 unspecified atom stereocenters. The van der Waals surface area contributed by atoms with Crippen LogP contribution in [0.1, 0.15) is 46.2 Å². The van der Waals surface area contributed by atoms with Gasteiger partial charge >= 0.3 is 11.8 Å². The highest BCUT2D eigenvalue weighted by molar-refractivity contribution is 6.44. The summed E-state index contributed by atoms with van der Waals surface area (Å²) in [5, 5.41) is 9.05. The van der Waals surface area contributed by atoms with Crippen LogP contribution >= 0.6 is 0 Å². The number of benzene rings is 1. The molecule has 1 aromatic carbocycles. The summed E-state index contributed by atoms with van der Waals surface area (Å²) in [4.78, 5) is 38.7. The summed E-state index contributed by atoms with van der Waals surface area (Å²) in [6.07, 6.45) is 4.49. The van der Waals surface area contributed by atoms with Crippen molar-refractivity contribution in [2.75, 3.05) is 6.61 Å². The van der Waals surface area contributed by atoms with Gasteiger partial charge in [-0.15, -0.1) is 0 Å². The Balaban J connectivity index is 2.24. The van der Waals surface area contributed by atoms with Crippen molar-refractivity contribution in [3.63, 3.8) is 0 Å². The number of Topliss-reactive ketones (excluding diaryl/α,β-unsaturated/α-hetero) is 1. The number of nitrogens with one attached hydrogen (secondary N) is 1. The van der Waals surface area contributed by atoms with Gasteiger partial charge in [-0.05, 0) is 30.4 Å². The van der Waals surface area contributed by atoms with Crippen LogP contribution < -0.4 is 15.5 Å². The summed E-state index contributed by atoms with van der Waals surface area (Å²) in [7, 11) is 0. The predicted octanol–water partition coefficient (Wildman–Crippen LogP) is 1.93. The van der Waals surface area contributed by atoms with Gasteiger partial charge in [-0.1, -0.05) is 43.7 Å². The van der Waals surface area contributed by atoms with Crippen LogP contribution in [0, 0.1) is 6.92 Å². The average molecular weight is 424 g/mol. The number of amides is 1. The molecular formula is C23H26N3O5+. The van der Waals surface area contributed by atoms with Gasteiger partial charge in [0.15, 0.2) is 17.8 Å². The van der Waals surface area contributed by atoms with Gasteiger partial charge in [-0.3, -0.25) is 9.59 Å². The van der Waals surface area contributed by atoms with Crippen LogP contribution in [0.3, 0.4) is 0 Å². The van der Waals surface area contributed by atoms with Crippen molar-refractivity contribution in [1.82, 2.24) is 4.40 Å². The quantitative estimate of drug-likeness (QED) is 0.380. The van der Waals surface area contributed by atoms with E-state index in [-0.39, 0.29) is 11.4 Å². The van der Waals surface area contributed by atoms with E-state index in [2.05, 4.69) is 4.98 Å².